The van der Waals surface area contributed by atoms with E-state index < -0.39 is 23.8 Å². The molecule has 0 radical (unpaired) electrons. The van der Waals surface area contributed by atoms with Crippen molar-refractivity contribution < 1.29 is 28.9 Å². The number of esters is 1. The van der Waals surface area contributed by atoms with E-state index in [4.69, 9.17) is 9.84 Å². The number of carbonyl (C=O) groups is 2. The second-order valence-electron chi connectivity index (χ2n) is 14.7. The standard InChI is InChI=1S/C24H44O3.C20H35FO2.2CH4/c1-5-6-7-8-9-10-11-12-13-14-15-16-17-18-19-20-22(25)21-23(26)27-24(2,3)4;1-2-3-4-5-6-7-8-9-10-11-12-13-14-15-16-17-19(21)18-20(22)23;;/h9-10,12-13,22,25H,5-8,11,14-21H2,1-4H3;6-7,9-10,19H,2-5,8,11-18H2,1H3,(H,22,23);2*1H4/b10-9-,13-12-;7-6-,10-9-;;. The molecular weight excluding hydrogens is 651 g/mol. The summed E-state index contributed by atoms with van der Waals surface area (Å²) in [7, 11) is 0. The van der Waals surface area contributed by atoms with E-state index in [9.17, 15) is 19.1 Å². The third kappa shape index (κ3) is 52.2. The van der Waals surface area contributed by atoms with E-state index in [2.05, 4.69) is 62.5 Å². The number of hydrogen-bond acceptors (Lipinski definition) is 4. The van der Waals surface area contributed by atoms with Gasteiger partial charge in [0.05, 0.1) is 18.9 Å². The molecule has 5 nitrogen and oxygen atoms in total. The van der Waals surface area contributed by atoms with Gasteiger partial charge >= 0.3 is 11.9 Å². The van der Waals surface area contributed by atoms with E-state index in [-0.39, 0.29) is 33.7 Å². The second-order valence-corrected chi connectivity index (χ2v) is 14.7. The number of unbranched alkanes of at least 4 members (excludes halogenated alkanes) is 16. The Morgan fingerprint density at radius 1 is 0.577 bits per heavy atom. The van der Waals surface area contributed by atoms with Gasteiger partial charge in [-0.3, -0.25) is 9.59 Å². The third-order valence-corrected chi connectivity index (χ3v) is 8.17. The Bertz CT molecular complexity index is 870. The van der Waals surface area contributed by atoms with Crippen LogP contribution in [0.3, 0.4) is 0 Å². The van der Waals surface area contributed by atoms with E-state index in [0.29, 0.717) is 12.8 Å². The van der Waals surface area contributed by atoms with Crippen LogP contribution in [0.2, 0.25) is 0 Å². The number of aliphatic hydroxyl groups is 1. The van der Waals surface area contributed by atoms with Gasteiger partial charge in [0, 0.05) is 0 Å². The molecule has 2 atom stereocenters. The molecule has 0 aromatic heterocycles. The van der Waals surface area contributed by atoms with E-state index in [1.54, 1.807) is 0 Å². The third-order valence-electron chi connectivity index (χ3n) is 8.17. The van der Waals surface area contributed by atoms with Crippen molar-refractivity contribution in [3.63, 3.8) is 0 Å². The quantitative estimate of drug-likeness (QED) is 0.0408. The number of allylic oxidation sites excluding steroid dienone is 8. The Hall–Kier alpha value is -2.21. The fraction of sp³-hybridized carbons (Fsp3) is 0.783. The number of carboxylic acid groups (broad SMARTS) is 1. The summed E-state index contributed by atoms with van der Waals surface area (Å²) in [5.41, 5.74) is -0.476. The number of carboxylic acids is 1. The van der Waals surface area contributed by atoms with Gasteiger partial charge in [-0.15, -0.1) is 0 Å². The first kappa shape index (κ1) is 56.5. The van der Waals surface area contributed by atoms with Crippen LogP contribution in [-0.2, 0) is 14.3 Å². The molecule has 0 bridgehead atoms. The number of hydrogen-bond donors (Lipinski definition) is 2. The van der Waals surface area contributed by atoms with Crippen LogP contribution in [0.4, 0.5) is 4.39 Å². The summed E-state index contributed by atoms with van der Waals surface area (Å²) in [5, 5.41) is 18.4. The maximum atomic E-state index is 13.1. The number of aliphatic hydroxyl groups excluding tert-OH is 1. The van der Waals surface area contributed by atoms with Crippen molar-refractivity contribution >= 4 is 11.9 Å². The van der Waals surface area contributed by atoms with E-state index in [1.165, 1.54) is 83.5 Å². The van der Waals surface area contributed by atoms with Crippen LogP contribution in [0.25, 0.3) is 0 Å². The van der Waals surface area contributed by atoms with Gasteiger partial charge in [0.25, 0.3) is 0 Å². The lowest BCUT2D eigenvalue weighted by Crippen LogP contribution is -2.26. The van der Waals surface area contributed by atoms with E-state index >= 15 is 0 Å². The number of aliphatic carboxylic acids is 1. The Balaban J connectivity index is -0.000000432. The Morgan fingerprint density at radius 3 is 1.33 bits per heavy atom. The van der Waals surface area contributed by atoms with Crippen molar-refractivity contribution in [3.8, 4) is 0 Å². The smallest absolute Gasteiger partial charge is 0.308 e. The number of ether oxygens (including phenoxy) is 1. The zero-order valence-corrected chi connectivity index (χ0v) is 33.2. The van der Waals surface area contributed by atoms with Crippen molar-refractivity contribution in [2.45, 2.75) is 234 Å². The topological polar surface area (TPSA) is 83.8 Å². The average Bonchev–Trinajstić information content (AvgIpc) is 3.03. The van der Waals surface area contributed by atoms with Gasteiger partial charge in [-0.1, -0.05) is 154 Å². The highest BCUT2D eigenvalue weighted by Gasteiger charge is 2.19. The molecule has 6 heteroatoms. The lowest BCUT2D eigenvalue weighted by Gasteiger charge is -2.20. The van der Waals surface area contributed by atoms with Crippen molar-refractivity contribution in [1.82, 2.24) is 0 Å². The SMILES string of the molecule is C.C.CCCCC/C=C\C/C=C\CCCCCCCC(F)CC(=O)O.CCCCC/C=C\C/C=C\CCCCCCCC(O)CC(=O)OC(C)(C)C. The fourth-order valence-electron chi connectivity index (χ4n) is 5.34. The Kier molecular flexibility index (Phi) is 47.0. The molecule has 0 heterocycles. The first-order valence-corrected chi connectivity index (χ1v) is 20.4. The molecule has 2 unspecified atom stereocenters. The van der Waals surface area contributed by atoms with Gasteiger partial charge in [-0.05, 0) is 97.8 Å². The molecule has 0 amide bonds. The van der Waals surface area contributed by atoms with Crippen LogP contribution in [0.15, 0.2) is 48.6 Å². The monoisotopic (exact) mass is 739 g/mol. The molecular formula is C46H87FO5. The summed E-state index contributed by atoms with van der Waals surface area (Å²) in [6.07, 6.45) is 42.9. The number of halogens is 1. The van der Waals surface area contributed by atoms with Gasteiger partial charge in [0.2, 0.25) is 0 Å². The Labute approximate surface area is 323 Å². The zero-order chi connectivity index (χ0) is 37.6. The van der Waals surface area contributed by atoms with E-state index in [1.807, 2.05) is 20.8 Å². The highest BCUT2D eigenvalue weighted by molar-refractivity contribution is 5.70. The number of carbonyl (C=O) groups excluding carboxylic acids is 1. The lowest BCUT2D eigenvalue weighted by atomic mass is 10.1. The maximum absolute atomic E-state index is 13.1. The highest BCUT2D eigenvalue weighted by Crippen LogP contribution is 2.15. The molecule has 0 spiro atoms. The van der Waals surface area contributed by atoms with Crippen molar-refractivity contribution in [3.05, 3.63) is 48.6 Å². The molecule has 0 aromatic rings. The van der Waals surface area contributed by atoms with Crippen molar-refractivity contribution in [1.29, 1.82) is 0 Å². The molecule has 0 fully saturated rings. The number of alkyl halides is 1. The van der Waals surface area contributed by atoms with E-state index in [0.717, 1.165) is 57.8 Å². The van der Waals surface area contributed by atoms with Crippen LogP contribution >= 0.6 is 0 Å². The largest absolute Gasteiger partial charge is 0.481 e. The molecule has 52 heavy (non-hydrogen) atoms. The molecule has 2 N–H and O–H groups in total. The first-order valence-electron chi connectivity index (χ1n) is 20.4. The summed E-state index contributed by atoms with van der Waals surface area (Å²) in [4.78, 5) is 22.0. The number of rotatable bonds is 32. The molecule has 308 valence electrons. The fourth-order valence-corrected chi connectivity index (χ4v) is 5.34. The molecule has 0 saturated carbocycles. The van der Waals surface area contributed by atoms with Crippen LogP contribution in [0.1, 0.15) is 216 Å². The minimum atomic E-state index is -1.18. The summed E-state index contributed by atoms with van der Waals surface area (Å²) < 4.78 is 18.3. The van der Waals surface area contributed by atoms with Crippen LogP contribution in [0, 0.1) is 0 Å². The molecule has 0 aliphatic rings. The molecule has 0 aliphatic heterocycles. The summed E-state index contributed by atoms with van der Waals surface area (Å²) in [6, 6.07) is 0. The van der Waals surface area contributed by atoms with Crippen molar-refractivity contribution in [2.75, 3.05) is 0 Å². The summed E-state index contributed by atoms with van der Waals surface area (Å²) in [6.45, 7) is 10.00. The molecule has 0 aromatic carbocycles. The van der Waals surface area contributed by atoms with Crippen LogP contribution in [-0.4, -0.2) is 40.0 Å². The lowest BCUT2D eigenvalue weighted by molar-refractivity contribution is -0.157. The average molecular weight is 739 g/mol. The predicted molar refractivity (Wildman–Crippen MR) is 226 cm³/mol. The second kappa shape index (κ2) is 43.2. The minimum Gasteiger partial charge on any atom is -0.481 e. The molecule has 0 aliphatic carbocycles. The minimum absolute atomic E-state index is 0. The highest BCUT2D eigenvalue weighted by atomic mass is 19.1. The van der Waals surface area contributed by atoms with Gasteiger partial charge in [0.15, 0.2) is 0 Å². The normalized spacial score (nSPS) is 12.8. The van der Waals surface area contributed by atoms with Gasteiger partial charge in [-0.2, -0.15) is 0 Å². The predicted octanol–water partition coefficient (Wildman–Crippen LogP) is 14.8. The Morgan fingerprint density at radius 2 is 0.942 bits per heavy atom. The maximum Gasteiger partial charge on any atom is 0.308 e. The summed E-state index contributed by atoms with van der Waals surface area (Å²) in [5.74, 6) is -1.35. The van der Waals surface area contributed by atoms with Crippen LogP contribution in [0.5, 0.6) is 0 Å². The van der Waals surface area contributed by atoms with Gasteiger partial charge in [0.1, 0.15) is 11.8 Å². The molecule has 0 saturated heterocycles. The zero-order valence-electron chi connectivity index (χ0n) is 33.2. The summed E-state index contributed by atoms with van der Waals surface area (Å²) >= 11 is 0. The first-order chi connectivity index (χ1) is 24.0. The van der Waals surface area contributed by atoms with Crippen molar-refractivity contribution in [2.24, 2.45) is 0 Å². The van der Waals surface area contributed by atoms with Gasteiger partial charge in [-0.25, -0.2) is 4.39 Å². The molecule has 0 rings (SSSR count). The van der Waals surface area contributed by atoms with Gasteiger partial charge < -0.3 is 14.9 Å². The van der Waals surface area contributed by atoms with Crippen LogP contribution < -0.4 is 0 Å².